The van der Waals surface area contributed by atoms with E-state index >= 15 is 0 Å². The van der Waals surface area contributed by atoms with E-state index in [4.69, 9.17) is 9.26 Å². The first-order valence-corrected chi connectivity index (χ1v) is 7.71. The van der Waals surface area contributed by atoms with Gasteiger partial charge in [-0.2, -0.15) is 18.2 Å². The van der Waals surface area contributed by atoms with Gasteiger partial charge in [0.15, 0.2) is 0 Å². The van der Waals surface area contributed by atoms with Gasteiger partial charge in [0, 0.05) is 12.3 Å². The summed E-state index contributed by atoms with van der Waals surface area (Å²) < 4.78 is 49.8. The summed E-state index contributed by atoms with van der Waals surface area (Å²) in [6.07, 6.45) is -3.83. The Bertz CT molecular complexity index is 963. The predicted octanol–water partition coefficient (Wildman–Crippen LogP) is 3.36. The molecule has 0 aliphatic heterocycles. The smallest absolute Gasteiger partial charge is 0.417 e. The molecule has 1 aromatic carbocycles. The van der Waals surface area contributed by atoms with Crippen LogP contribution in [0.25, 0.3) is 11.4 Å². The number of aromatic nitrogens is 3. The van der Waals surface area contributed by atoms with E-state index in [9.17, 15) is 18.0 Å². The third kappa shape index (κ3) is 3.76. The minimum atomic E-state index is -4.55. The van der Waals surface area contributed by atoms with Crippen molar-refractivity contribution in [3.63, 3.8) is 0 Å². The number of para-hydroxylation sites is 1. The van der Waals surface area contributed by atoms with Crippen LogP contribution in [-0.4, -0.2) is 21.3 Å². The summed E-state index contributed by atoms with van der Waals surface area (Å²) in [6, 6.07) is 8.62. The van der Waals surface area contributed by atoms with Gasteiger partial charge in [-0.1, -0.05) is 17.3 Å². The van der Waals surface area contributed by atoms with Gasteiger partial charge in [-0.25, -0.2) is 0 Å². The highest BCUT2D eigenvalue weighted by Crippen LogP contribution is 2.29. The molecule has 0 bridgehead atoms. The molecule has 0 amide bonds. The lowest BCUT2D eigenvalue weighted by molar-refractivity contribution is -0.138. The van der Waals surface area contributed by atoms with Crippen LogP contribution in [0.3, 0.4) is 0 Å². The molecular weight excluding hydrogens is 351 g/mol. The summed E-state index contributed by atoms with van der Waals surface area (Å²) in [5.74, 6) is 0.787. The lowest BCUT2D eigenvalue weighted by Gasteiger charge is -2.09. The molecule has 6 nitrogen and oxygen atoms in total. The lowest BCUT2D eigenvalue weighted by atomic mass is 10.2. The highest BCUT2D eigenvalue weighted by molar-refractivity contribution is 5.63. The van der Waals surface area contributed by atoms with Crippen LogP contribution in [0.5, 0.6) is 5.75 Å². The van der Waals surface area contributed by atoms with Gasteiger partial charge in [0.2, 0.25) is 11.7 Å². The van der Waals surface area contributed by atoms with Crippen molar-refractivity contribution in [2.75, 3.05) is 6.61 Å². The van der Waals surface area contributed by atoms with E-state index in [1.165, 1.54) is 0 Å². The molecule has 0 atom stereocenters. The Morgan fingerprint density at radius 2 is 1.96 bits per heavy atom. The molecule has 136 valence electrons. The van der Waals surface area contributed by atoms with Gasteiger partial charge in [-0.05, 0) is 25.1 Å². The summed E-state index contributed by atoms with van der Waals surface area (Å²) in [6.45, 7) is 2.01. The summed E-state index contributed by atoms with van der Waals surface area (Å²) in [5, 5.41) is 3.82. The minimum absolute atomic E-state index is 0.00715. The van der Waals surface area contributed by atoms with Crippen molar-refractivity contribution < 1.29 is 22.4 Å². The Morgan fingerprint density at radius 3 is 2.69 bits per heavy atom. The maximum atomic E-state index is 12.8. The largest absolute Gasteiger partial charge is 0.493 e. The molecule has 2 heterocycles. The Balaban J connectivity index is 1.89. The van der Waals surface area contributed by atoms with Gasteiger partial charge < -0.3 is 13.8 Å². The van der Waals surface area contributed by atoms with Crippen LogP contribution in [0.4, 0.5) is 13.2 Å². The summed E-state index contributed by atoms with van der Waals surface area (Å²) in [4.78, 5) is 16.0. The van der Waals surface area contributed by atoms with Crippen LogP contribution in [-0.2, 0) is 12.7 Å². The van der Waals surface area contributed by atoms with E-state index in [0.29, 0.717) is 17.9 Å². The fourth-order valence-electron chi connectivity index (χ4n) is 2.33. The zero-order valence-electron chi connectivity index (χ0n) is 13.7. The van der Waals surface area contributed by atoms with Crippen molar-refractivity contribution in [1.82, 2.24) is 14.7 Å². The molecule has 3 rings (SSSR count). The first-order valence-electron chi connectivity index (χ1n) is 7.71. The third-order valence-electron chi connectivity index (χ3n) is 3.51. The van der Waals surface area contributed by atoms with Crippen LogP contribution in [0.1, 0.15) is 18.4 Å². The van der Waals surface area contributed by atoms with Crippen molar-refractivity contribution >= 4 is 0 Å². The number of hydrogen-bond donors (Lipinski definition) is 0. The van der Waals surface area contributed by atoms with E-state index in [1.54, 1.807) is 24.3 Å². The molecule has 0 saturated carbocycles. The van der Waals surface area contributed by atoms with Crippen LogP contribution in [0, 0.1) is 0 Å². The fraction of sp³-hybridized carbons (Fsp3) is 0.235. The maximum Gasteiger partial charge on any atom is 0.417 e. The van der Waals surface area contributed by atoms with E-state index in [-0.39, 0.29) is 18.3 Å². The lowest BCUT2D eigenvalue weighted by Crippen LogP contribution is -2.22. The van der Waals surface area contributed by atoms with Crippen LogP contribution in [0.2, 0.25) is 0 Å². The van der Waals surface area contributed by atoms with Crippen LogP contribution >= 0.6 is 0 Å². The summed E-state index contributed by atoms with van der Waals surface area (Å²) >= 11 is 0. The molecule has 26 heavy (non-hydrogen) atoms. The number of pyridine rings is 1. The molecule has 0 aliphatic carbocycles. The third-order valence-corrected chi connectivity index (χ3v) is 3.51. The van der Waals surface area contributed by atoms with Gasteiger partial charge in [0.25, 0.3) is 5.56 Å². The SMILES string of the molecule is CCOc1ccccc1-c1noc(Cn2cc(C(F)(F)F)ccc2=O)n1. The molecule has 2 aromatic heterocycles. The second kappa shape index (κ2) is 7.03. The van der Waals surface area contributed by atoms with Crippen molar-refractivity contribution in [3.05, 3.63) is 64.4 Å². The van der Waals surface area contributed by atoms with Gasteiger partial charge in [-0.15, -0.1) is 0 Å². The molecule has 0 spiro atoms. The maximum absolute atomic E-state index is 12.8. The fourth-order valence-corrected chi connectivity index (χ4v) is 2.33. The number of benzene rings is 1. The van der Waals surface area contributed by atoms with Crippen LogP contribution < -0.4 is 10.3 Å². The second-order valence-electron chi connectivity index (χ2n) is 5.32. The Hall–Kier alpha value is -3.10. The first-order chi connectivity index (χ1) is 12.4. The molecule has 0 aliphatic rings. The van der Waals surface area contributed by atoms with E-state index in [0.717, 1.165) is 22.9 Å². The highest BCUT2D eigenvalue weighted by Gasteiger charge is 2.31. The number of ether oxygens (including phenoxy) is 1. The van der Waals surface area contributed by atoms with Crippen LogP contribution in [0.15, 0.2) is 51.9 Å². The number of hydrogen-bond acceptors (Lipinski definition) is 5. The molecule has 3 aromatic rings. The van der Waals surface area contributed by atoms with Gasteiger partial charge in [0.05, 0.1) is 17.7 Å². The normalized spacial score (nSPS) is 11.5. The van der Waals surface area contributed by atoms with E-state index in [1.807, 2.05) is 6.92 Å². The molecular formula is C17H14F3N3O3. The average Bonchev–Trinajstić information content (AvgIpc) is 3.05. The minimum Gasteiger partial charge on any atom is -0.493 e. The van der Waals surface area contributed by atoms with Crippen molar-refractivity contribution in [2.24, 2.45) is 0 Å². The topological polar surface area (TPSA) is 70.2 Å². The average molecular weight is 365 g/mol. The van der Waals surface area contributed by atoms with Gasteiger partial charge >= 0.3 is 6.18 Å². The second-order valence-corrected chi connectivity index (χ2v) is 5.32. The summed E-state index contributed by atoms with van der Waals surface area (Å²) in [5.41, 5.74) is -0.952. The Morgan fingerprint density at radius 1 is 1.19 bits per heavy atom. The molecule has 0 radical (unpaired) electrons. The Kier molecular flexibility index (Phi) is 4.79. The standard InChI is InChI=1S/C17H14F3N3O3/c1-2-25-13-6-4-3-5-12(13)16-21-14(26-22-16)10-23-9-11(17(18,19)20)7-8-15(23)24/h3-9H,2,10H2,1H3. The monoisotopic (exact) mass is 365 g/mol. The van der Waals surface area contributed by atoms with E-state index in [2.05, 4.69) is 10.1 Å². The van der Waals surface area contributed by atoms with Gasteiger partial charge in [0.1, 0.15) is 12.3 Å². The zero-order chi connectivity index (χ0) is 18.7. The van der Waals surface area contributed by atoms with Gasteiger partial charge in [-0.3, -0.25) is 4.79 Å². The number of nitrogens with zero attached hydrogens (tertiary/aromatic N) is 3. The molecule has 0 N–H and O–H groups in total. The summed E-state index contributed by atoms with van der Waals surface area (Å²) in [7, 11) is 0. The molecule has 9 heteroatoms. The van der Waals surface area contributed by atoms with Crippen molar-refractivity contribution in [3.8, 4) is 17.1 Å². The Labute approximate surface area is 145 Å². The predicted molar refractivity (Wildman–Crippen MR) is 85.7 cm³/mol. The molecule has 0 unspecified atom stereocenters. The van der Waals surface area contributed by atoms with E-state index < -0.39 is 17.3 Å². The quantitative estimate of drug-likeness (QED) is 0.693. The van der Waals surface area contributed by atoms with Crippen molar-refractivity contribution in [2.45, 2.75) is 19.6 Å². The zero-order valence-corrected chi connectivity index (χ0v) is 13.7. The molecule has 0 saturated heterocycles. The number of halogens is 3. The highest BCUT2D eigenvalue weighted by atomic mass is 19.4. The first kappa shape index (κ1) is 17.7. The number of rotatable bonds is 5. The number of alkyl halides is 3. The molecule has 0 fully saturated rings. The van der Waals surface area contributed by atoms with Crippen molar-refractivity contribution in [1.29, 1.82) is 0 Å².